The van der Waals surface area contributed by atoms with E-state index in [1.54, 1.807) is 6.08 Å². The Bertz CT molecular complexity index is 1230. The number of hydrogen-bond donors (Lipinski definition) is 0. The molecule has 3 heterocycles. The Labute approximate surface area is 169 Å². The highest BCUT2D eigenvalue weighted by Crippen LogP contribution is 2.46. The Morgan fingerprint density at radius 1 is 0.897 bits per heavy atom. The zero-order chi connectivity index (χ0) is 19.5. The van der Waals surface area contributed by atoms with Gasteiger partial charge in [-0.25, -0.2) is 0 Å². The Balaban J connectivity index is 1.46. The molecular weight excluding hydrogens is 360 g/mol. The molecule has 0 aromatic heterocycles. The van der Waals surface area contributed by atoms with Gasteiger partial charge in [-0.15, -0.1) is 0 Å². The molecule has 0 bridgehead atoms. The molecular formula is C25H20N2O2. The van der Waals surface area contributed by atoms with Crippen molar-refractivity contribution in [3.05, 3.63) is 77.9 Å². The molecule has 0 radical (unpaired) electrons. The molecule has 1 amide bonds. The Morgan fingerprint density at radius 2 is 1.72 bits per heavy atom. The minimum atomic E-state index is -0.124. The Kier molecular flexibility index (Phi) is 3.45. The lowest BCUT2D eigenvalue weighted by atomic mass is 10.0. The Morgan fingerprint density at radius 3 is 2.62 bits per heavy atom. The van der Waals surface area contributed by atoms with E-state index in [1.165, 1.54) is 5.39 Å². The van der Waals surface area contributed by atoms with Crippen molar-refractivity contribution in [2.75, 3.05) is 16.3 Å². The number of benzene rings is 3. The highest BCUT2D eigenvalue weighted by Gasteiger charge is 2.41. The number of anilines is 2. The highest BCUT2D eigenvalue weighted by atomic mass is 16.2. The molecule has 0 saturated carbocycles. The molecule has 142 valence electrons. The van der Waals surface area contributed by atoms with Crippen molar-refractivity contribution >= 4 is 39.4 Å². The number of carbonyl (C=O) groups is 2. The van der Waals surface area contributed by atoms with E-state index >= 15 is 0 Å². The zero-order valence-electron chi connectivity index (χ0n) is 16.0. The minimum Gasteiger partial charge on any atom is -0.361 e. The number of nitrogens with zero attached hydrogens (tertiary/aromatic N) is 2. The largest absolute Gasteiger partial charge is 0.361 e. The molecule has 3 aliphatic rings. The number of carbonyl (C=O) groups excluding carboxylic acids is 2. The fourth-order valence-electron chi connectivity index (χ4n) is 5.03. The van der Waals surface area contributed by atoms with Crippen molar-refractivity contribution < 1.29 is 9.59 Å². The first-order chi connectivity index (χ1) is 14.2. The Hall–Kier alpha value is -3.40. The molecule has 6 rings (SSSR count). The van der Waals surface area contributed by atoms with Gasteiger partial charge >= 0.3 is 0 Å². The molecule has 1 unspecified atom stereocenters. The second-order valence-electron chi connectivity index (χ2n) is 8.06. The van der Waals surface area contributed by atoms with Crippen LogP contribution < -0.4 is 9.80 Å². The average Bonchev–Trinajstić information content (AvgIpc) is 3.30. The number of ketones is 1. The molecule has 3 aliphatic heterocycles. The predicted molar refractivity (Wildman–Crippen MR) is 115 cm³/mol. The molecule has 4 nitrogen and oxygen atoms in total. The van der Waals surface area contributed by atoms with Crippen LogP contribution in [0.3, 0.4) is 0 Å². The number of rotatable bonds is 2. The van der Waals surface area contributed by atoms with Crippen LogP contribution >= 0.6 is 0 Å². The van der Waals surface area contributed by atoms with Crippen molar-refractivity contribution in [2.45, 2.75) is 25.4 Å². The van der Waals surface area contributed by atoms with E-state index < -0.39 is 0 Å². The molecule has 0 aliphatic carbocycles. The monoisotopic (exact) mass is 380 g/mol. The summed E-state index contributed by atoms with van der Waals surface area (Å²) < 4.78 is 0. The van der Waals surface area contributed by atoms with Gasteiger partial charge in [-0.2, -0.15) is 0 Å². The van der Waals surface area contributed by atoms with E-state index in [1.807, 2.05) is 29.2 Å². The molecule has 1 saturated heterocycles. The smallest absolute Gasteiger partial charge is 0.259 e. The van der Waals surface area contributed by atoms with Crippen LogP contribution in [0.15, 0.2) is 66.7 Å². The average molecular weight is 380 g/mol. The van der Waals surface area contributed by atoms with Crippen LogP contribution in [-0.2, 0) is 16.1 Å². The lowest BCUT2D eigenvalue weighted by Gasteiger charge is -2.26. The summed E-state index contributed by atoms with van der Waals surface area (Å²) in [6, 6.07) is 20.5. The van der Waals surface area contributed by atoms with Gasteiger partial charge in [0.1, 0.15) is 0 Å². The van der Waals surface area contributed by atoms with Crippen molar-refractivity contribution in [3.63, 3.8) is 0 Å². The third-order valence-electron chi connectivity index (χ3n) is 6.39. The van der Waals surface area contributed by atoms with Crippen LogP contribution in [0.5, 0.6) is 0 Å². The van der Waals surface area contributed by atoms with Crippen LogP contribution in [0, 0.1) is 0 Å². The van der Waals surface area contributed by atoms with Crippen LogP contribution in [0.25, 0.3) is 16.3 Å². The van der Waals surface area contributed by atoms with Gasteiger partial charge in [0, 0.05) is 17.8 Å². The van der Waals surface area contributed by atoms with Crippen molar-refractivity contribution in [1.29, 1.82) is 0 Å². The van der Waals surface area contributed by atoms with E-state index in [0.717, 1.165) is 47.3 Å². The first-order valence-electron chi connectivity index (χ1n) is 10.2. The van der Waals surface area contributed by atoms with Gasteiger partial charge in [0.15, 0.2) is 5.78 Å². The number of hydrogen-bond acceptors (Lipinski definition) is 3. The first kappa shape index (κ1) is 16.5. The fraction of sp³-hybridized carbons (Fsp3) is 0.200. The normalized spacial score (nSPS) is 20.0. The van der Waals surface area contributed by atoms with Gasteiger partial charge in [-0.05, 0) is 53.5 Å². The molecule has 1 fully saturated rings. The lowest BCUT2D eigenvalue weighted by Crippen LogP contribution is -2.35. The fourth-order valence-corrected chi connectivity index (χ4v) is 5.03. The van der Waals surface area contributed by atoms with E-state index in [4.69, 9.17) is 0 Å². The standard InChI is InChI=1S/C25H20N2O2/c28-23-14-19-24-21(26-12-4-9-20(23)26)7-3-8-22(24)27(25(19)29)15-16-10-11-17-5-1-2-6-18(17)13-16/h1-3,5-8,10-11,13-14,20H,4,9,12,15H2. The maximum absolute atomic E-state index is 13.4. The SMILES string of the molecule is O=C1C=C2C(=O)N(Cc3ccc4ccccc4c3)c3cccc(c32)N2CCCC12. The van der Waals surface area contributed by atoms with Crippen molar-refractivity contribution in [2.24, 2.45) is 0 Å². The van der Waals surface area contributed by atoms with Gasteiger partial charge in [0.2, 0.25) is 0 Å². The van der Waals surface area contributed by atoms with Crippen LogP contribution in [-0.4, -0.2) is 24.3 Å². The van der Waals surface area contributed by atoms with Crippen LogP contribution in [0.4, 0.5) is 11.4 Å². The molecule has 0 spiro atoms. The third kappa shape index (κ3) is 2.38. The summed E-state index contributed by atoms with van der Waals surface area (Å²) in [6.07, 6.45) is 3.47. The van der Waals surface area contributed by atoms with E-state index in [-0.39, 0.29) is 17.7 Å². The summed E-state index contributed by atoms with van der Waals surface area (Å²) >= 11 is 0. The second-order valence-corrected chi connectivity index (χ2v) is 8.06. The van der Waals surface area contributed by atoms with Crippen LogP contribution in [0.2, 0.25) is 0 Å². The maximum Gasteiger partial charge on any atom is 0.259 e. The summed E-state index contributed by atoms with van der Waals surface area (Å²) in [5.74, 6) is -0.0179. The van der Waals surface area contributed by atoms with Gasteiger partial charge in [0.05, 0.1) is 23.8 Å². The van der Waals surface area contributed by atoms with Crippen molar-refractivity contribution in [1.82, 2.24) is 0 Å². The number of amides is 1. The molecule has 1 atom stereocenters. The second kappa shape index (κ2) is 6.05. The molecule has 29 heavy (non-hydrogen) atoms. The zero-order valence-corrected chi connectivity index (χ0v) is 16.0. The summed E-state index contributed by atoms with van der Waals surface area (Å²) in [5, 5.41) is 2.35. The summed E-state index contributed by atoms with van der Waals surface area (Å²) in [7, 11) is 0. The van der Waals surface area contributed by atoms with Crippen LogP contribution in [0.1, 0.15) is 24.0 Å². The topological polar surface area (TPSA) is 40.6 Å². The molecule has 4 heteroatoms. The lowest BCUT2D eigenvalue weighted by molar-refractivity contribution is -0.116. The first-order valence-corrected chi connectivity index (χ1v) is 10.2. The summed E-state index contributed by atoms with van der Waals surface area (Å²) in [6.45, 7) is 1.36. The van der Waals surface area contributed by atoms with Gasteiger partial charge < -0.3 is 9.80 Å². The minimum absolute atomic E-state index is 0.0561. The molecule has 0 N–H and O–H groups in total. The molecule has 3 aromatic carbocycles. The summed E-state index contributed by atoms with van der Waals surface area (Å²) in [4.78, 5) is 30.2. The quantitative estimate of drug-likeness (QED) is 0.665. The van der Waals surface area contributed by atoms with Gasteiger partial charge in [0.25, 0.3) is 5.91 Å². The van der Waals surface area contributed by atoms with Gasteiger partial charge in [-0.3, -0.25) is 9.59 Å². The van der Waals surface area contributed by atoms with E-state index in [2.05, 4.69) is 41.3 Å². The van der Waals surface area contributed by atoms with E-state index in [0.29, 0.717) is 12.1 Å². The predicted octanol–water partition coefficient (Wildman–Crippen LogP) is 4.32. The number of fused-ring (bicyclic) bond motifs is 3. The highest BCUT2D eigenvalue weighted by molar-refractivity contribution is 6.37. The van der Waals surface area contributed by atoms with Crippen molar-refractivity contribution in [3.8, 4) is 0 Å². The molecule has 3 aromatic rings. The summed E-state index contributed by atoms with van der Waals surface area (Å²) in [5.41, 5.74) is 4.49. The van der Waals surface area contributed by atoms with Gasteiger partial charge in [-0.1, -0.05) is 42.5 Å². The van der Waals surface area contributed by atoms with E-state index in [9.17, 15) is 9.59 Å². The maximum atomic E-state index is 13.4. The third-order valence-corrected chi connectivity index (χ3v) is 6.39.